The van der Waals surface area contributed by atoms with Crippen molar-refractivity contribution in [1.82, 2.24) is 9.55 Å². The summed E-state index contributed by atoms with van der Waals surface area (Å²) in [4.78, 5) is 27.6. The number of rotatable bonds is 2. The average Bonchev–Trinajstić information content (AvgIpc) is 2.47. The molecule has 2 aromatic carbocycles. The SMILES string of the molecule is COc1cccc(-n2c(=O)[nH]c3cccc(C)c3c2=O)c1. The van der Waals surface area contributed by atoms with Gasteiger partial charge in [-0.3, -0.25) is 4.79 Å². The van der Waals surface area contributed by atoms with Crippen LogP contribution in [-0.4, -0.2) is 16.7 Å². The van der Waals surface area contributed by atoms with Gasteiger partial charge in [0, 0.05) is 6.07 Å². The molecule has 0 amide bonds. The third-order valence-corrected chi connectivity index (χ3v) is 3.45. The van der Waals surface area contributed by atoms with Gasteiger partial charge in [-0.25, -0.2) is 9.36 Å². The lowest BCUT2D eigenvalue weighted by Crippen LogP contribution is -2.33. The van der Waals surface area contributed by atoms with E-state index in [1.54, 1.807) is 30.3 Å². The van der Waals surface area contributed by atoms with Crippen LogP contribution in [0.2, 0.25) is 0 Å². The van der Waals surface area contributed by atoms with Crippen LogP contribution in [0.25, 0.3) is 16.6 Å². The van der Waals surface area contributed by atoms with Gasteiger partial charge in [0.15, 0.2) is 0 Å². The van der Waals surface area contributed by atoms with Crippen LogP contribution in [0, 0.1) is 6.92 Å². The number of hydrogen-bond donors (Lipinski definition) is 1. The van der Waals surface area contributed by atoms with Crippen LogP contribution in [0.3, 0.4) is 0 Å². The first-order chi connectivity index (χ1) is 10.1. The van der Waals surface area contributed by atoms with Crippen LogP contribution in [0.1, 0.15) is 5.56 Å². The topological polar surface area (TPSA) is 64.1 Å². The Balaban J connectivity index is 2.40. The Hall–Kier alpha value is -2.82. The van der Waals surface area contributed by atoms with Crippen molar-refractivity contribution in [3.8, 4) is 11.4 Å². The highest BCUT2D eigenvalue weighted by molar-refractivity contribution is 5.81. The summed E-state index contributed by atoms with van der Waals surface area (Å²) in [5.74, 6) is 0.587. The minimum atomic E-state index is -0.466. The van der Waals surface area contributed by atoms with Crippen molar-refractivity contribution in [3.63, 3.8) is 0 Å². The standard InChI is InChI=1S/C16H14N2O3/c1-10-5-3-8-13-14(10)15(19)18(16(20)17-13)11-6-4-7-12(9-11)21-2/h3-9H,1-2H3,(H,17,20). The Morgan fingerprint density at radius 3 is 2.62 bits per heavy atom. The molecule has 0 spiro atoms. The van der Waals surface area contributed by atoms with Crippen LogP contribution >= 0.6 is 0 Å². The molecule has 0 aliphatic heterocycles. The number of aryl methyl sites for hydroxylation is 1. The molecule has 0 saturated carbocycles. The summed E-state index contributed by atoms with van der Waals surface area (Å²) < 4.78 is 6.26. The molecule has 3 rings (SSSR count). The van der Waals surface area contributed by atoms with Crippen LogP contribution in [0.5, 0.6) is 5.75 Å². The molecule has 0 atom stereocenters. The van der Waals surface area contributed by atoms with E-state index >= 15 is 0 Å². The summed E-state index contributed by atoms with van der Waals surface area (Å²) in [5, 5.41) is 0.514. The quantitative estimate of drug-likeness (QED) is 0.782. The summed E-state index contributed by atoms with van der Waals surface area (Å²) in [6, 6.07) is 12.2. The maximum absolute atomic E-state index is 12.7. The maximum atomic E-state index is 12.7. The van der Waals surface area contributed by atoms with E-state index in [4.69, 9.17) is 4.74 Å². The number of ether oxygens (including phenoxy) is 1. The van der Waals surface area contributed by atoms with Gasteiger partial charge in [0.25, 0.3) is 5.56 Å². The summed E-state index contributed by atoms with van der Waals surface area (Å²) >= 11 is 0. The fourth-order valence-electron chi connectivity index (χ4n) is 2.42. The second-order valence-corrected chi connectivity index (χ2v) is 4.77. The number of hydrogen-bond acceptors (Lipinski definition) is 3. The van der Waals surface area contributed by atoms with E-state index < -0.39 is 5.69 Å². The van der Waals surface area contributed by atoms with Gasteiger partial charge in [0.2, 0.25) is 0 Å². The molecule has 21 heavy (non-hydrogen) atoms. The summed E-state index contributed by atoms with van der Waals surface area (Å²) in [6.07, 6.45) is 0. The molecule has 3 aromatic rings. The third-order valence-electron chi connectivity index (χ3n) is 3.45. The first kappa shape index (κ1) is 13.2. The molecule has 0 radical (unpaired) electrons. The number of fused-ring (bicyclic) bond motifs is 1. The first-order valence-electron chi connectivity index (χ1n) is 6.51. The van der Waals surface area contributed by atoms with Crippen LogP contribution < -0.4 is 16.0 Å². The van der Waals surface area contributed by atoms with Gasteiger partial charge in [-0.1, -0.05) is 18.2 Å². The van der Waals surface area contributed by atoms with E-state index in [1.165, 1.54) is 7.11 Å². The highest BCUT2D eigenvalue weighted by atomic mass is 16.5. The largest absolute Gasteiger partial charge is 0.497 e. The van der Waals surface area contributed by atoms with Gasteiger partial charge in [-0.05, 0) is 30.7 Å². The molecule has 0 bridgehead atoms. The van der Waals surface area contributed by atoms with Gasteiger partial charge in [0.05, 0.1) is 23.7 Å². The van der Waals surface area contributed by atoms with Crippen molar-refractivity contribution in [2.24, 2.45) is 0 Å². The molecule has 106 valence electrons. The van der Waals surface area contributed by atoms with E-state index in [9.17, 15) is 9.59 Å². The van der Waals surface area contributed by atoms with Crippen molar-refractivity contribution in [1.29, 1.82) is 0 Å². The molecule has 1 aromatic heterocycles. The minimum absolute atomic E-state index is 0.333. The fourth-order valence-corrected chi connectivity index (χ4v) is 2.42. The van der Waals surface area contributed by atoms with Gasteiger partial charge in [-0.2, -0.15) is 0 Å². The summed E-state index contributed by atoms with van der Waals surface area (Å²) in [7, 11) is 1.54. The molecule has 0 aliphatic rings. The number of benzene rings is 2. The lowest BCUT2D eigenvalue weighted by molar-refractivity contribution is 0.414. The van der Waals surface area contributed by atoms with Crippen molar-refractivity contribution in [2.75, 3.05) is 7.11 Å². The smallest absolute Gasteiger partial charge is 0.333 e. The van der Waals surface area contributed by atoms with Crippen LogP contribution in [0.4, 0.5) is 0 Å². The highest BCUT2D eigenvalue weighted by Crippen LogP contribution is 2.15. The van der Waals surface area contributed by atoms with Crippen LogP contribution in [0.15, 0.2) is 52.1 Å². The van der Waals surface area contributed by atoms with Gasteiger partial charge >= 0.3 is 5.69 Å². The summed E-state index contributed by atoms with van der Waals surface area (Å²) in [5.41, 5.74) is 1.05. The number of aromatic amines is 1. The Morgan fingerprint density at radius 1 is 1.10 bits per heavy atom. The van der Waals surface area contributed by atoms with Crippen molar-refractivity contribution < 1.29 is 4.74 Å². The summed E-state index contributed by atoms with van der Waals surface area (Å²) in [6.45, 7) is 1.85. The molecular formula is C16H14N2O3. The van der Waals surface area contributed by atoms with E-state index in [0.717, 1.165) is 10.1 Å². The molecule has 0 aliphatic carbocycles. The molecule has 1 N–H and O–H groups in total. The fraction of sp³-hybridized carbons (Fsp3) is 0.125. The molecule has 0 unspecified atom stereocenters. The van der Waals surface area contributed by atoms with Gasteiger partial charge in [0.1, 0.15) is 5.75 Å². The number of methoxy groups -OCH3 is 1. The lowest BCUT2D eigenvalue weighted by atomic mass is 10.1. The van der Waals surface area contributed by atoms with Crippen molar-refractivity contribution in [3.05, 3.63) is 68.9 Å². The van der Waals surface area contributed by atoms with Gasteiger partial charge in [-0.15, -0.1) is 0 Å². The zero-order valence-corrected chi connectivity index (χ0v) is 11.7. The zero-order chi connectivity index (χ0) is 15.0. The Kier molecular flexibility index (Phi) is 3.10. The molecule has 5 heteroatoms. The third kappa shape index (κ3) is 2.12. The van der Waals surface area contributed by atoms with E-state index in [-0.39, 0.29) is 5.56 Å². The highest BCUT2D eigenvalue weighted by Gasteiger charge is 2.11. The van der Waals surface area contributed by atoms with E-state index in [0.29, 0.717) is 22.3 Å². The lowest BCUT2D eigenvalue weighted by Gasteiger charge is -2.09. The Labute approximate surface area is 120 Å². The monoisotopic (exact) mass is 282 g/mol. The first-order valence-corrected chi connectivity index (χ1v) is 6.51. The normalized spacial score (nSPS) is 10.8. The average molecular weight is 282 g/mol. The van der Waals surface area contributed by atoms with Gasteiger partial charge < -0.3 is 9.72 Å². The number of nitrogens with one attached hydrogen (secondary N) is 1. The molecule has 1 heterocycles. The maximum Gasteiger partial charge on any atom is 0.333 e. The number of H-pyrrole nitrogens is 1. The molecule has 0 fully saturated rings. The Morgan fingerprint density at radius 2 is 1.86 bits per heavy atom. The van der Waals surface area contributed by atoms with Crippen molar-refractivity contribution >= 4 is 10.9 Å². The zero-order valence-electron chi connectivity index (χ0n) is 11.7. The van der Waals surface area contributed by atoms with E-state index in [1.807, 2.05) is 19.1 Å². The van der Waals surface area contributed by atoms with E-state index in [2.05, 4.69) is 4.98 Å². The second kappa shape index (κ2) is 4.94. The second-order valence-electron chi connectivity index (χ2n) is 4.77. The molecular weight excluding hydrogens is 268 g/mol. The van der Waals surface area contributed by atoms with Crippen LogP contribution in [-0.2, 0) is 0 Å². The Bertz CT molecular complexity index is 938. The predicted molar refractivity (Wildman–Crippen MR) is 81.5 cm³/mol. The van der Waals surface area contributed by atoms with Crippen molar-refractivity contribution in [2.45, 2.75) is 6.92 Å². The molecule has 5 nitrogen and oxygen atoms in total. The number of nitrogens with zero attached hydrogens (tertiary/aromatic N) is 1. The minimum Gasteiger partial charge on any atom is -0.497 e. The molecule has 0 saturated heterocycles. The number of aromatic nitrogens is 2. The predicted octanol–water partition coefficient (Wildman–Crippen LogP) is 2.00.